The van der Waals surface area contributed by atoms with Crippen molar-refractivity contribution in [3.63, 3.8) is 0 Å². The van der Waals surface area contributed by atoms with Crippen LogP contribution in [0.1, 0.15) is 0 Å². The molecule has 1 N–H and O–H groups in total. The van der Waals surface area contributed by atoms with Gasteiger partial charge in [-0.05, 0) is 40.2 Å². The number of rotatable bonds is 6. The molecule has 3 rings (SSSR count). The van der Waals surface area contributed by atoms with Gasteiger partial charge in [0.05, 0.1) is 7.11 Å². The van der Waals surface area contributed by atoms with Gasteiger partial charge in [-0.2, -0.15) is 0 Å². The molecule has 0 atom stereocenters. The Bertz CT molecular complexity index is 845. The van der Waals surface area contributed by atoms with Crippen molar-refractivity contribution in [2.45, 2.75) is 0 Å². The molecule has 2 aromatic heterocycles. The van der Waals surface area contributed by atoms with Crippen LogP contribution in [0.3, 0.4) is 0 Å². The third-order valence-electron chi connectivity index (χ3n) is 2.87. The fourth-order valence-corrected chi connectivity index (χ4v) is 2.10. The van der Waals surface area contributed by atoms with E-state index >= 15 is 0 Å². The van der Waals surface area contributed by atoms with Crippen molar-refractivity contribution < 1.29 is 23.1 Å². The zero-order chi connectivity index (χ0) is 16.9. The zero-order valence-electron chi connectivity index (χ0n) is 12.5. The number of carbonyl (C=O) groups excluding carboxylic acids is 1. The number of halogens is 1. The summed E-state index contributed by atoms with van der Waals surface area (Å²) in [6.45, 7) is -0.211. The highest BCUT2D eigenvalue weighted by molar-refractivity contribution is 9.10. The topological polar surface area (TPSA) is 99.6 Å². The minimum Gasteiger partial charge on any atom is -0.497 e. The number of nitrogens with one attached hydrogen (secondary N) is 1. The SMILES string of the molecule is COc1cccc(OCC(=O)Nc2nnc(-c3ccc(Br)o3)o2)c1. The number of hydrogen-bond acceptors (Lipinski definition) is 7. The summed E-state index contributed by atoms with van der Waals surface area (Å²) in [5.41, 5.74) is 0. The van der Waals surface area contributed by atoms with E-state index in [2.05, 4.69) is 31.4 Å². The lowest BCUT2D eigenvalue weighted by Gasteiger charge is -2.06. The predicted octanol–water partition coefficient (Wildman–Crippen LogP) is 3.12. The third kappa shape index (κ3) is 3.93. The van der Waals surface area contributed by atoms with E-state index in [-0.39, 0.29) is 18.5 Å². The molecular weight excluding hydrogens is 382 g/mol. The molecule has 9 heteroatoms. The smallest absolute Gasteiger partial charge is 0.322 e. The van der Waals surface area contributed by atoms with Crippen molar-refractivity contribution in [2.75, 3.05) is 19.0 Å². The molecule has 0 spiro atoms. The lowest BCUT2D eigenvalue weighted by atomic mass is 10.3. The summed E-state index contributed by atoms with van der Waals surface area (Å²) in [4.78, 5) is 11.9. The molecule has 8 nitrogen and oxygen atoms in total. The quantitative estimate of drug-likeness (QED) is 0.686. The number of furan rings is 1. The molecule has 0 radical (unpaired) electrons. The Morgan fingerprint density at radius 3 is 2.79 bits per heavy atom. The number of anilines is 1. The van der Waals surface area contributed by atoms with Crippen molar-refractivity contribution in [1.82, 2.24) is 10.2 Å². The minimum atomic E-state index is -0.436. The van der Waals surface area contributed by atoms with Gasteiger partial charge in [-0.1, -0.05) is 11.2 Å². The highest BCUT2D eigenvalue weighted by Crippen LogP contribution is 2.25. The molecule has 0 bridgehead atoms. The van der Waals surface area contributed by atoms with Gasteiger partial charge in [0.1, 0.15) is 11.5 Å². The average Bonchev–Trinajstić information content (AvgIpc) is 3.22. The number of hydrogen-bond donors (Lipinski definition) is 1. The molecule has 0 aliphatic rings. The molecule has 1 aromatic carbocycles. The predicted molar refractivity (Wildman–Crippen MR) is 86.8 cm³/mol. The second-order valence-electron chi connectivity index (χ2n) is 4.53. The van der Waals surface area contributed by atoms with E-state index in [1.54, 1.807) is 43.5 Å². The molecule has 0 saturated carbocycles. The molecule has 1 amide bonds. The standard InChI is InChI=1S/C15H12BrN3O5/c1-21-9-3-2-4-10(7-9)22-8-13(20)17-15-19-18-14(24-15)11-5-6-12(16)23-11/h2-7H,8H2,1H3,(H,17,19,20). The van der Waals surface area contributed by atoms with E-state index in [4.69, 9.17) is 18.3 Å². The largest absolute Gasteiger partial charge is 0.497 e. The average molecular weight is 394 g/mol. The van der Waals surface area contributed by atoms with Crippen LogP contribution in [0.25, 0.3) is 11.7 Å². The van der Waals surface area contributed by atoms with Crippen LogP contribution in [0.5, 0.6) is 11.5 Å². The molecule has 2 heterocycles. The Hall–Kier alpha value is -2.81. The second-order valence-corrected chi connectivity index (χ2v) is 5.31. The summed E-state index contributed by atoms with van der Waals surface area (Å²) >= 11 is 3.18. The van der Waals surface area contributed by atoms with E-state index in [9.17, 15) is 4.79 Å². The van der Waals surface area contributed by atoms with Crippen molar-refractivity contribution >= 4 is 27.9 Å². The Labute approximate surface area is 144 Å². The highest BCUT2D eigenvalue weighted by Gasteiger charge is 2.14. The number of nitrogens with zero attached hydrogens (tertiary/aromatic N) is 2. The Kier molecular flexibility index (Phi) is 4.80. The summed E-state index contributed by atoms with van der Waals surface area (Å²) in [6.07, 6.45) is 0. The number of aromatic nitrogens is 2. The number of amides is 1. The monoisotopic (exact) mass is 393 g/mol. The third-order valence-corrected chi connectivity index (χ3v) is 3.29. The molecule has 0 aliphatic carbocycles. The molecule has 0 unspecified atom stereocenters. The van der Waals surface area contributed by atoms with Crippen LogP contribution in [0.15, 0.2) is 49.9 Å². The summed E-state index contributed by atoms with van der Waals surface area (Å²) in [5, 5.41) is 9.96. The zero-order valence-corrected chi connectivity index (χ0v) is 14.1. The molecular formula is C15H12BrN3O5. The first-order valence-corrected chi connectivity index (χ1v) is 7.59. The maximum atomic E-state index is 11.9. The van der Waals surface area contributed by atoms with Crippen molar-refractivity contribution in [3.05, 3.63) is 41.1 Å². The highest BCUT2D eigenvalue weighted by atomic mass is 79.9. The van der Waals surface area contributed by atoms with Gasteiger partial charge in [-0.25, -0.2) is 0 Å². The van der Waals surface area contributed by atoms with E-state index in [1.807, 2.05) is 0 Å². The summed E-state index contributed by atoms with van der Waals surface area (Å²) in [7, 11) is 1.55. The first-order chi connectivity index (χ1) is 11.6. The fraction of sp³-hybridized carbons (Fsp3) is 0.133. The molecule has 3 aromatic rings. The lowest BCUT2D eigenvalue weighted by Crippen LogP contribution is -2.20. The van der Waals surface area contributed by atoms with Crippen LogP contribution < -0.4 is 14.8 Å². The van der Waals surface area contributed by atoms with E-state index in [0.29, 0.717) is 21.9 Å². The van der Waals surface area contributed by atoms with Gasteiger partial charge in [-0.15, -0.1) is 5.10 Å². The Balaban J connectivity index is 1.56. The number of ether oxygens (including phenoxy) is 2. The Morgan fingerprint density at radius 1 is 1.21 bits per heavy atom. The van der Waals surface area contributed by atoms with Crippen molar-refractivity contribution in [1.29, 1.82) is 0 Å². The van der Waals surface area contributed by atoms with Gasteiger partial charge in [0.2, 0.25) is 0 Å². The molecule has 24 heavy (non-hydrogen) atoms. The van der Waals surface area contributed by atoms with E-state index in [1.165, 1.54) is 0 Å². The summed E-state index contributed by atoms with van der Waals surface area (Å²) < 4.78 is 21.6. The van der Waals surface area contributed by atoms with Crippen LogP contribution in [0.2, 0.25) is 0 Å². The summed E-state index contributed by atoms with van der Waals surface area (Å²) in [6, 6.07) is 10.2. The van der Waals surface area contributed by atoms with Gasteiger partial charge in [0.25, 0.3) is 11.8 Å². The molecule has 0 fully saturated rings. The van der Waals surface area contributed by atoms with Gasteiger partial charge in [-0.3, -0.25) is 10.1 Å². The van der Waals surface area contributed by atoms with Crippen LogP contribution in [-0.2, 0) is 4.79 Å². The Morgan fingerprint density at radius 2 is 2.04 bits per heavy atom. The lowest BCUT2D eigenvalue weighted by molar-refractivity contribution is -0.118. The molecule has 0 aliphatic heterocycles. The van der Waals surface area contributed by atoms with Gasteiger partial charge < -0.3 is 18.3 Å². The van der Waals surface area contributed by atoms with E-state index in [0.717, 1.165) is 0 Å². The molecule has 0 saturated heterocycles. The second kappa shape index (κ2) is 7.18. The van der Waals surface area contributed by atoms with Crippen LogP contribution in [-0.4, -0.2) is 29.8 Å². The number of carbonyl (C=O) groups is 1. The van der Waals surface area contributed by atoms with Crippen LogP contribution in [0, 0.1) is 0 Å². The first-order valence-electron chi connectivity index (χ1n) is 6.80. The fourth-order valence-electron chi connectivity index (χ4n) is 1.80. The summed E-state index contributed by atoms with van der Waals surface area (Å²) in [5.74, 6) is 1.26. The van der Waals surface area contributed by atoms with Crippen LogP contribution >= 0.6 is 15.9 Å². The first kappa shape index (κ1) is 16.1. The molecule has 124 valence electrons. The normalized spacial score (nSPS) is 10.4. The maximum absolute atomic E-state index is 11.9. The minimum absolute atomic E-state index is 0.0447. The van der Waals surface area contributed by atoms with E-state index < -0.39 is 5.91 Å². The van der Waals surface area contributed by atoms with Gasteiger partial charge >= 0.3 is 6.01 Å². The van der Waals surface area contributed by atoms with Crippen molar-refractivity contribution in [2.24, 2.45) is 0 Å². The van der Waals surface area contributed by atoms with Gasteiger partial charge in [0, 0.05) is 6.07 Å². The number of methoxy groups -OCH3 is 1. The maximum Gasteiger partial charge on any atom is 0.322 e. The van der Waals surface area contributed by atoms with Crippen molar-refractivity contribution in [3.8, 4) is 23.1 Å². The van der Waals surface area contributed by atoms with Gasteiger partial charge in [0.15, 0.2) is 17.0 Å². The van der Waals surface area contributed by atoms with Crippen LogP contribution in [0.4, 0.5) is 6.01 Å². The number of benzene rings is 1.